The van der Waals surface area contributed by atoms with Gasteiger partial charge in [0.05, 0.1) is 12.5 Å². The molecule has 8 nitrogen and oxygen atoms in total. The van der Waals surface area contributed by atoms with Crippen LogP contribution in [0.2, 0.25) is 0 Å². The maximum Gasteiger partial charge on any atom is 0.305 e. The number of aliphatic carboxylic acids is 1. The molecule has 0 radical (unpaired) electrons. The fourth-order valence-corrected chi connectivity index (χ4v) is 2.31. The molecule has 0 bridgehead atoms. The fraction of sp³-hybridized carbons (Fsp3) is 0.769. The van der Waals surface area contributed by atoms with Gasteiger partial charge in [-0.1, -0.05) is 0 Å². The van der Waals surface area contributed by atoms with Crippen LogP contribution < -0.4 is 11.1 Å². The number of piperidine rings is 1. The first kappa shape index (κ1) is 17.4. The maximum absolute atomic E-state index is 11.9. The Balaban J connectivity index is 2.36. The molecule has 21 heavy (non-hydrogen) atoms. The molecule has 120 valence electrons. The van der Waals surface area contributed by atoms with Crippen LogP contribution in [0.25, 0.3) is 0 Å². The lowest BCUT2D eigenvalue weighted by molar-refractivity contribution is -0.142. The second-order valence-corrected chi connectivity index (χ2v) is 5.17. The Kier molecular flexibility index (Phi) is 7.10. The SMILES string of the molecule is NC(CC(=O)O)C(=O)N1CCC(C(=O)NCCCO)CC1. The van der Waals surface area contributed by atoms with Gasteiger partial charge in [0.1, 0.15) is 0 Å². The van der Waals surface area contributed by atoms with Gasteiger partial charge in [0, 0.05) is 32.2 Å². The van der Waals surface area contributed by atoms with Crippen molar-refractivity contribution >= 4 is 17.8 Å². The molecule has 0 saturated carbocycles. The van der Waals surface area contributed by atoms with Crippen LogP contribution in [0.3, 0.4) is 0 Å². The van der Waals surface area contributed by atoms with E-state index in [0.717, 1.165) is 0 Å². The summed E-state index contributed by atoms with van der Waals surface area (Å²) in [7, 11) is 0. The highest BCUT2D eigenvalue weighted by molar-refractivity contribution is 5.86. The summed E-state index contributed by atoms with van der Waals surface area (Å²) in [6.45, 7) is 1.29. The van der Waals surface area contributed by atoms with E-state index in [-0.39, 0.29) is 30.8 Å². The number of carbonyl (C=O) groups is 3. The van der Waals surface area contributed by atoms with Gasteiger partial charge in [0.25, 0.3) is 0 Å². The molecule has 1 unspecified atom stereocenters. The molecular formula is C13H23N3O5. The summed E-state index contributed by atoms with van der Waals surface area (Å²) in [6.07, 6.45) is 1.21. The monoisotopic (exact) mass is 301 g/mol. The predicted molar refractivity (Wildman–Crippen MR) is 74.2 cm³/mol. The van der Waals surface area contributed by atoms with Gasteiger partial charge in [0.15, 0.2) is 0 Å². The minimum absolute atomic E-state index is 0.0364. The molecule has 1 aliphatic heterocycles. The van der Waals surface area contributed by atoms with Crippen LogP contribution in [-0.2, 0) is 14.4 Å². The van der Waals surface area contributed by atoms with Crippen LogP contribution in [-0.4, -0.2) is 65.2 Å². The summed E-state index contributed by atoms with van der Waals surface area (Å²) in [5.41, 5.74) is 5.55. The lowest BCUT2D eigenvalue weighted by Crippen LogP contribution is -2.49. The standard InChI is InChI=1S/C13H23N3O5/c14-10(8-11(18)19)13(21)16-5-2-9(3-6-16)12(20)15-4-1-7-17/h9-10,17H,1-8,14H2,(H,15,20)(H,18,19). The molecule has 0 aromatic rings. The molecule has 5 N–H and O–H groups in total. The van der Waals surface area contributed by atoms with Crippen LogP contribution in [0.1, 0.15) is 25.7 Å². The first-order chi connectivity index (χ1) is 9.95. The van der Waals surface area contributed by atoms with E-state index in [0.29, 0.717) is 38.9 Å². The zero-order valence-corrected chi connectivity index (χ0v) is 12.0. The molecule has 1 aliphatic rings. The highest BCUT2D eigenvalue weighted by Crippen LogP contribution is 2.18. The van der Waals surface area contributed by atoms with Crippen molar-refractivity contribution in [2.75, 3.05) is 26.2 Å². The minimum Gasteiger partial charge on any atom is -0.481 e. The van der Waals surface area contributed by atoms with E-state index in [2.05, 4.69) is 5.32 Å². The van der Waals surface area contributed by atoms with E-state index in [1.165, 1.54) is 4.90 Å². The van der Waals surface area contributed by atoms with Crippen molar-refractivity contribution in [2.45, 2.75) is 31.7 Å². The molecule has 0 aromatic carbocycles. The first-order valence-electron chi connectivity index (χ1n) is 7.10. The van der Waals surface area contributed by atoms with Crippen molar-refractivity contribution in [3.05, 3.63) is 0 Å². The third-order valence-corrected chi connectivity index (χ3v) is 3.52. The van der Waals surface area contributed by atoms with Crippen LogP contribution in [0.15, 0.2) is 0 Å². The van der Waals surface area contributed by atoms with Gasteiger partial charge in [-0.15, -0.1) is 0 Å². The quantitative estimate of drug-likeness (QED) is 0.424. The van der Waals surface area contributed by atoms with Crippen LogP contribution in [0.5, 0.6) is 0 Å². The predicted octanol–water partition coefficient (Wildman–Crippen LogP) is -1.47. The smallest absolute Gasteiger partial charge is 0.305 e. The molecular weight excluding hydrogens is 278 g/mol. The van der Waals surface area contributed by atoms with Gasteiger partial charge in [-0.05, 0) is 19.3 Å². The van der Waals surface area contributed by atoms with Gasteiger partial charge >= 0.3 is 5.97 Å². The number of nitrogens with two attached hydrogens (primary N) is 1. The number of nitrogens with zero attached hydrogens (tertiary/aromatic N) is 1. The third kappa shape index (κ3) is 5.68. The molecule has 0 aliphatic carbocycles. The van der Waals surface area contributed by atoms with Crippen molar-refractivity contribution in [1.82, 2.24) is 10.2 Å². The summed E-state index contributed by atoms with van der Waals surface area (Å²) in [5, 5.41) is 20.0. The molecule has 1 atom stereocenters. The van der Waals surface area contributed by atoms with Crippen molar-refractivity contribution < 1.29 is 24.6 Å². The number of carboxylic acid groups (broad SMARTS) is 1. The number of hydrogen-bond acceptors (Lipinski definition) is 5. The molecule has 1 fully saturated rings. The number of nitrogens with one attached hydrogen (secondary N) is 1. The van der Waals surface area contributed by atoms with E-state index >= 15 is 0 Å². The molecule has 0 spiro atoms. The molecule has 1 rings (SSSR count). The number of aliphatic hydroxyl groups is 1. The van der Waals surface area contributed by atoms with Gasteiger partial charge in [-0.25, -0.2) is 0 Å². The molecule has 0 aromatic heterocycles. The van der Waals surface area contributed by atoms with E-state index in [1.54, 1.807) is 0 Å². The van der Waals surface area contributed by atoms with E-state index < -0.39 is 12.0 Å². The number of likely N-dealkylation sites (tertiary alicyclic amines) is 1. The van der Waals surface area contributed by atoms with Gasteiger partial charge in [0.2, 0.25) is 11.8 Å². The van der Waals surface area contributed by atoms with Gasteiger partial charge in [-0.2, -0.15) is 0 Å². The molecule has 1 heterocycles. The van der Waals surface area contributed by atoms with Crippen molar-refractivity contribution in [2.24, 2.45) is 11.7 Å². The topological polar surface area (TPSA) is 133 Å². The lowest BCUT2D eigenvalue weighted by Gasteiger charge is -2.32. The average molecular weight is 301 g/mol. The minimum atomic E-state index is -1.10. The summed E-state index contributed by atoms with van der Waals surface area (Å²) < 4.78 is 0. The highest BCUT2D eigenvalue weighted by Gasteiger charge is 2.30. The molecule has 8 heteroatoms. The van der Waals surface area contributed by atoms with Crippen molar-refractivity contribution in [1.29, 1.82) is 0 Å². The summed E-state index contributed by atoms with van der Waals surface area (Å²) >= 11 is 0. The Hall–Kier alpha value is -1.67. The van der Waals surface area contributed by atoms with Crippen LogP contribution in [0.4, 0.5) is 0 Å². The fourth-order valence-electron chi connectivity index (χ4n) is 2.31. The van der Waals surface area contributed by atoms with Gasteiger partial charge in [-0.3, -0.25) is 14.4 Å². The number of carboxylic acids is 1. The van der Waals surface area contributed by atoms with Crippen LogP contribution >= 0.6 is 0 Å². The number of aliphatic hydroxyl groups excluding tert-OH is 1. The largest absolute Gasteiger partial charge is 0.481 e. The normalized spacial score (nSPS) is 17.3. The molecule has 1 saturated heterocycles. The third-order valence-electron chi connectivity index (χ3n) is 3.52. The lowest BCUT2D eigenvalue weighted by atomic mass is 9.95. The van der Waals surface area contributed by atoms with Crippen LogP contribution in [0, 0.1) is 5.92 Å². The molecule has 2 amide bonds. The van der Waals surface area contributed by atoms with Gasteiger partial charge < -0.3 is 26.2 Å². The summed E-state index contributed by atoms with van der Waals surface area (Å²) in [4.78, 5) is 35.8. The number of amides is 2. The first-order valence-corrected chi connectivity index (χ1v) is 7.10. The highest BCUT2D eigenvalue weighted by atomic mass is 16.4. The Morgan fingerprint density at radius 2 is 1.90 bits per heavy atom. The second-order valence-electron chi connectivity index (χ2n) is 5.17. The summed E-state index contributed by atoms with van der Waals surface area (Å²) in [6, 6.07) is -1.03. The maximum atomic E-state index is 11.9. The zero-order valence-electron chi connectivity index (χ0n) is 12.0. The Bertz CT molecular complexity index is 380. The number of carbonyl (C=O) groups excluding carboxylic acids is 2. The number of rotatable bonds is 7. The van der Waals surface area contributed by atoms with E-state index in [4.69, 9.17) is 15.9 Å². The van der Waals surface area contributed by atoms with E-state index in [1.807, 2.05) is 0 Å². The van der Waals surface area contributed by atoms with E-state index in [9.17, 15) is 14.4 Å². The Labute approximate surface area is 123 Å². The Morgan fingerprint density at radius 3 is 2.43 bits per heavy atom. The average Bonchev–Trinajstić information content (AvgIpc) is 2.46. The second kappa shape index (κ2) is 8.58. The summed E-state index contributed by atoms with van der Waals surface area (Å²) in [5.74, 6) is -1.70. The Morgan fingerprint density at radius 1 is 1.29 bits per heavy atom. The van der Waals surface area contributed by atoms with Crippen molar-refractivity contribution in [3.63, 3.8) is 0 Å². The zero-order chi connectivity index (χ0) is 15.8. The van der Waals surface area contributed by atoms with Crippen molar-refractivity contribution in [3.8, 4) is 0 Å². The number of hydrogen-bond donors (Lipinski definition) is 4.